The van der Waals surface area contributed by atoms with Crippen LogP contribution in [0.15, 0.2) is 36.7 Å². The average Bonchev–Trinajstić information content (AvgIpc) is 3.41. The summed E-state index contributed by atoms with van der Waals surface area (Å²) in [6.07, 6.45) is -2.15. The van der Waals surface area contributed by atoms with Crippen LogP contribution < -0.4 is 5.73 Å². The van der Waals surface area contributed by atoms with E-state index in [4.69, 9.17) is 5.73 Å². The molecule has 3 aromatic heterocycles. The van der Waals surface area contributed by atoms with Gasteiger partial charge in [-0.1, -0.05) is 6.07 Å². The number of pyridine rings is 1. The molecule has 3 heterocycles. The standard InChI is InChI=1S/C21H18F3N7O/c1-2-30(16-7-6-14-12(16)4-8-17(27-14)21(22,23)24)19(32)11-3-5-15-13(9-11)18-29-26-10-31(18)20(25)28-15/h3-5,8-10,16H,2,6-7H2,1H3,(H2,25,28). The second-order valence-electron chi connectivity index (χ2n) is 7.60. The molecule has 2 N–H and O–H groups in total. The molecule has 0 spiro atoms. The van der Waals surface area contributed by atoms with Crippen LogP contribution in [0.3, 0.4) is 0 Å². The molecule has 8 nitrogen and oxygen atoms in total. The summed E-state index contributed by atoms with van der Waals surface area (Å²) in [5, 5.41) is 8.56. The van der Waals surface area contributed by atoms with Crippen molar-refractivity contribution in [3.63, 3.8) is 0 Å². The molecule has 11 heteroatoms. The number of fused-ring (bicyclic) bond motifs is 4. The molecule has 4 aromatic rings. The lowest BCUT2D eigenvalue weighted by atomic mass is 10.1. The van der Waals surface area contributed by atoms with E-state index < -0.39 is 11.9 Å². The van der Waals surface area contributed by atoms with Crippen molar-refractivity contribution in [3.05, 3.63) is 59.2 Å². The maximum absolute atomic E-state index is 13.4. The Labute approximate surface area is 179 Å². The van der Waals surface area contributed by atoms with Crippen molar-refractivity contribution in [2.24, 2.45) is 0 Å². The summed E-state index contributed by atoms with van der Waals surface area (Å²) in [5.74, 6) is 0.00156. The maximum atomic E-state index is 13.4. The molecule has 0 radical (unpaired) electrons. The Bertz CT molecular complexity index is 1370. The van der Waals surface area contributed by atoms with Gasteiger partial charge in [-0.3, -0.25) is 9.20 Å². The van der Waals surface area contributed by atoms with Crippen LogP contribution in [0.1, 0.15) is 46.7 Å². The number of nitrogens with zero attached hydrogens (tertiary/aromatic N) is 6. The number of carbonyl (C=O) groups is 1. The zero-order valence-corrected chi connectivity index (χ0v) is 17.0. The number of anilines is 1. The van der Waals surface area contributed by atoms with Crippen molar-refractivity contribution in [1.29, 1.82) is 0 Å². The molecule has 32 heavy (non-hydrogen) atoms. The van der Waals surface area contributed by atoms with Gasteiger partial charge in [0.15, 0.2) is 5.65 Å². The number of hydrogen-bond donors (Lipinski definition) is 1. The molecule has 164 valence electrons. The van der Waals surface area contributed by atoms with Gasteiger partial charge >= 0.3 is 6.18 Å². The van der Waals surface area contributed by atoms with Crippen LogP contribution in [0.2, 0.25) is 0 Å². The van der Waals surface area contributed by atoms with Gasteiger partial charge in [-0.25, -0.2) is 9.97 Å². The van der Waals surface area contributed by atoms with Gasteiger partial charge in [0, 0.05) is 23.2 Å². The fourth-order valence-corrected chi connectivity index (χ4v) is 4.31. The van der Waals surface area contributed by atoms with Gasteiger partial charge < -0.3 is 10.6 Å². The summed E-state index contributed by atoms with van der Waals surface area (Å²) in [7, 11) is 0. The first kappa shape index (κ1) is 20.2. The van der Waals surface area contributed by atoms with Gasteiger partial charge in [-0.05, 0) is 49.6 Å². The lowest BCUT2D eigenvalue weighted by Gasteiger charge is -2.28. The molecule has 1 atom stereocenters. The molecule has 0 saturated heterocycles. The van der Waals surface area contributed by atoms with Gasteiger partial charge in [-0.15, -0.1) is 10.2 Å². The van der Waals surface area contributed by atoms with Crippen LogP contribution in [0, 0.1) is 0 Å². The van der Waals surface area contributed by atoms with Gasteiger partial charge in [0.05, 0.1) is 11.6 Å². The molecule has 1 amide bonds. The van der Waals surface area contributed by atoms with Crippen molar-refractivity contribution in [2.45, 2.75) is 32.0 Å². The molecule has 1 aromatic carbocycles. The second-order valence-corrected chi connectivity index (χ2v) is 7.60. The average molecular weight is 441 g/mol. The summed E-state index contributed by atoms with van der Waals surface area (Å²) in [6, 6.07) is 7.12. The van der Waals surface area contributed by atoms with Crippen molar-refractivity contribution < 1.29 is 18.0 Å². The van der Waals surface area contributed by atoms with Gasteiger partial charge in [0.2, 0.25) is 5.95 Å². The Morgan fingerprint density at radius 2 is 2.06 bits per heavy atom. The number of carbonyl (C=O) groups excluding carboxylic acids is 1. The third-order valence-corrected chi connectivity index (χ3v) is 5.81. The quantitative estimate of drug-likeness (QED) is 0.523. The molecule has 1 aliphatic rings. The van der Waals surface area contributed by atoms with Crippen LogP contribution in [0.25, 0.3) is 16.6 Å². The van der Waals surface area contributed by atoms with E-state index >= 15 is 0 Å². The number of benzene rings is 1. The monoisotopic (exact) mass is 441 g/mol. The molecule has 1 aliphatic carbocycles. The summed E-state index contributed by atoms with van der Waals surface area (Å²) >= 11 is 0. The molecule has 0 fully saturated rings. The highest BCUT2D eigenvalue weighted by atomic mass is 19.4. The SMILES string of the molecule is CCN(C(=O)c1ccc2nc(N)n3cnnc3c2c1)C1CCc2nc(C(F)(F)F)ccc21. The normalized spacial score (nSPS) is 15.9. The minimum absolute atomic E-state index is 0.235. The first-order valence-electron chi connectivity index (χ1n) is 10.0. The molecule has 5 rings (SSSR count). The molecule has 0 bridgehead atoms. The number of nitrogens with two attached hydrogens (primary N) is 1. The van der Waals surface area contributed by atoms with E-state index in [-0.39, 0.29) is 17.9 Å². The van der Waals surface area contributed by atoms with Crippen molar-refractivity contribution in [3.8, 4) is 0 Å². The predicted octanol–water partition coefficient (Wildman–Crippen LogP) is 3.42. The molecule has 1 unspecified atom stereocenters. The van der Waals surface area contributed by atoms with Gasteiger partial charge in [0.25, 0.3) is 5.91 Å². The number of halogens is 3. The lowest BCUT2D eigenvalue weighted by molar-refractivity contribution is -0.141. The minimum atomic E-state index is -4.50. The fraction of sp³-hybridized carbons (Fsp3) is 0.286. The largest absolute Gasteiger partial charge is 0.433 e. The first-order chi connectivity index (χ1) is 15.3. The number of nitrogen functional groups attached to an aromatic ring is 1. The Hall–Kier alpha value is -3.76. The summed E-state index contributed by atoms with van der Waals surface area (Å²) in [5.41, 5.74) is 7.54. The first-order valence-corrected chi connectivity index (χ1v) is 10.0. The van der Waals surface area contributed by atoms with E-state index in [0.29, 0.717) is 52.8 Å². The van der Waals surface area contributed by atoms with Gasteiger partial charge in [0.1, 0.15) is 12.0 Å². The number of amides is 1. The molecule has 0 saturated carbocycles. The fourth-order valence-electron chi connectivity index (χ4n) is 4.31. The highest BCUT2D eigenvalue weighted by Crippen LogP contribution is 2.38. The molecule has 0 aliphatic heterocycles. The Morgan fingerprint density at radius 1 is 1.25 bits per heavy atom. The van der Waals surface area contributed by atoms with Crippen molar-refractivity contribution in [1.82, 2.24) is 29.5 Å². The van der Waals surface area contributed by atoms with Crippen LogP contribution in [0.5, 0.6) is 0 Å². The predicted molar refractivity (Wildman–Crippen MR) is 110 cm³/mol. The van der Waals surface area contributed by atoms with Crippen LogP contribution >= 0.6 is 0 Å². The van der Waals surface area contributed by atoms with E-state index in [1.807, 2.05) is 6.92 Å². The Morgan fingerprint density at radius 3 is 2.81 bits per heavy atom. The van der Waals surface area contributed by atoms with Crippen molar-refractivity contribution >= 4 is 28.4 Å². The zero-order valence-electron chi connectivity index (χ0n) is 17.0. The zero-order chi connectivity index (χ0) is 22.6. The second kappa shape index (κ2) is 7.14. The van der Waals surface area contributed by atoms with Crippen molar-refractivity contribution in [2.75, 3.05) is 12.3 Å². The van der Waals surface area contributed by atoms with Crippen LogP contribution in [-0.2, 0) is 12.6 Å². The number of hydrogen-bond acceptors (Lipinski definition) is 6. The van der Waals surface area contributed by atoms with Crippen LogP contribution in [0.4, 0.5) is 19.1 Å². The van der Waals surface area contributed by atoms with E-state index in [2.05, 4.69) is 20.2 Å². The number of aromatic nitrogens is 5. The molecular weight excluding hydrogens is 423 g/mol. The Balaban J connectivity index is 1.52. The van der Waals surface area contributed by atoms with E-state index in [1.54, 1.807) is 23.1 Å². The minimum Gasteiger partial charge on any atom is -0.369 e. The highest BCUT2D eigenvalue weighted by Gasteiger charge is 2.36. The number of alkyl halides is 3. The number of rotatable bonds is 3. The lowest BCUT2D eigenvalue weighted by Crippen LogP contribution is -2.34. The summed E-state index contributed by atoms with van der Waals surface area (Å²) in [4.78, 5) is 23.2. The summed E-state index contributed by atoms with van der Waals surface area (Å²) < 4.78 is 40.6. The number of aryl methyl sites for hydroxylation is 1. The Kier molecular flexibility index (Phi) is 4.50. The smallest absolute Gasteiger partial charge is 0.369 e. The van der Waals surface area contributed by atoms with E-state index in [0.717, 1.165) is 6.07 Å². The third kappa shape index (κ3) is 3.12. The third-order valence-electron chi connectivity index (χ3n) is 5.81. The molecular formula is C21H18F3N7O. The summed E-state index contributed by atoms with van der Waals surface area (Å²) in [6.45, 7) is 2.23. The van der Waals surface area contributed by atoms with Crippen LogP contribution in [-0.4, -0.2) is 41.9 Å². The van der Waals surface area contributed by atoms with Gasteiger partial charge in [-0.2, -0.15) is 13.2 Å². The topological polar surface area (TPSA) is 102 Å². The maximum Gasteiger partial charge on any atom is 0.433 e. The van der Waals surface area contributed by atoms with E-state index in [9.17, 15) is 18.0 Å². The highest BCUT2D eigenvalue weighted by molar-refractivity contribution is 6.01. The van der Waals surface area contributed by atoms with E-state index in [1.165, 1.54) is 16.8 Å².